The molecule has 1 aromatic heterocycles. The maximum absolute atomic E-state index is 12.9. The Kier molecular flexibility index (Phi) is 2.28. The number of aromatic nitrogens is 2. The number of nitrogens with one attached hydrogen (secondary N) is 1. The van der Waals surface area contributed by atoms with E-state index in [1.54, 1.807) is 24.5 Å². The van der Waals surface area contributed by atoms with Crippen LogP contribution in [0.15, 0.2) is 36.7 Å². The van der Waals surface area contributed by atoms with Crippen LogP contribution in [-0.2, 0) is 0 Å². The number of hydrogen-bond donors (Lipinski definition) is 2. The summed E-state index contributed by atoms with van der Waals surface area (Å²) < 4.78 is 12.9. The van der Waals surface area contributed by atoms with E-state index in [2.05, 4.69) is 9.97 Å². The summed E-state index contributed by atoms with van der Waals surface area (Å²) in [6.07, 6.45) is 3.31. The van der Waals surface area contributed by atoms with Gasteiger partial charge in [-0.15, -0.1) is 0 Å². The highest BCUT2D eigenvalue weighted by Crippen LogP contribution is 2.16. The average Bonchev–Trinajstić information content (AvgIpc) is 2.69. The van der Waals surface area contributed by atoms with Crippen LogP contribution >= 0.6 is 0 Å². The molecule has 0 bridgehead atoms. The van der Waals surface area contributed by atoms with Gasteiger partial charge in [0.25, 0.3) is 0 Å². The number of nitrogens with zero attached hydrogens (tertiary/aromatic N) is 1. The molecule has 3 N–H and O–H groups in total. The van der Waals surface area contributed by atoms with E-state index in [0.29, 0.717) is 11.4 Å². The van der Waals surface area contributed by atoms with Gasteiger partial charge in [0, 0.05) is 12.4 Å². The molecule has 0 amide bonds. The van der Waals surface area contributed by atoms with Gasteiger partial charge in [-0.2, -0.15) is 0 Å². The summed E-state index contributed by atoms with van der Waals surface area (Å²) in [5.74, 6) is 0.347. The second-order valence-corrected chi connectivity index (χ2v) is 3.01. The van der Waals surface area contributed by atoms with Crippen molar-refractivity contribution >= 4 is 0 Å². The molecule has 0 radical (unpaired) electrons. The number of H-pyrrole nitrogens is 1. The molecule has 0 fully saturated rings. The number of rotatable bonds is 2. The molecule has 1 aromatic carbocycles. The minimum Gasteiger partial charge on any atom is -0.347 e. The summed E-state index contributed by atoms with van der Waals surface area (Å²) in [5, 5.41) is 0. The Morgan fingerprint density at radius 2 is 2.29 bits per heavy atom. The molecule has 2 rings (SSSR count). The lowest BCUT2D eigenvalue weighted by molar-refractivity contribution is 0.622. The van der Waals surface area contributed by atoms with E-state index in [1.165, 1.54) is 12.1 Å². The van der Waals surface area contributed by atoms with Crippen molar-refractivity contribution < 1.29 is 4.39 Å². The first-order chi connectivity index (χ1) is 6.77. The zero-order valence-electron chi connectivity index (χ0n) is 7.44. The summed E-state index contributed by atoms with van der Waals surface area (Å²) in [5.41, 5.74) is 6.58. The van der Waals surface area contributed by atoms with E-state index in [9.17, 15) is 4.39 Å². The van der Waals surface area contributed by atoms with Crippen LogP contribution in [0.25, 0.3) is 0 Å². The standard InChI is InChI=1S/C10H10FN3/c11-8-3-1-2-7(6-8)9(12)10-13-4-5-14-10/h1-6,9H,12H2,(H,13,14). The number of imidazole rings is 1. The number of aromatic amines is 1. The van der Waals surface area contributed by atoms with Crippen LogP contribution in [-0.4, -0.2) is 9.97 Å². The lowest BCUT2D eigenvalue weighted by atomic mass is 10.1. The summed E-state index contributed by atoms with van der Waals surface area (Å²) in [6, 6.07) is 5.80. The highest BCUT2D eigenvalue weighted by atomic mass is 19.1. The first-order valence-corrected chi connectivity index (χ1v) is 4.27. The molecule has 0 aliphatic carbocycles. The van der Waals surface area contributed by atoms with Crippen molar-refractivity contribution in [1.29, 1.82) is 0 Å². The molecule has 0 saturated heterocycles. The summed E-state index contributed by atoms with van der Waals surface area (Å²) >= 11 is 0. The molecule has 3 nitrogen and oxygen atoms in total. The topological polar surface area (TPSA) is 54.7 Å². The van der Waals surface area contributed by atoms with Crippen molar-refractivity contribution in [3.63, 3.8) is 0 Å². The zero-order chi connectivity index (χ0) is 9.97. The Morgan fingerprint density at radius 1 is 1.43 bits per heavy atom. The Bertz CT molecular complexity index is 411. The van der Waals surface area contributed by atoms with Gasteiger partial charge < -0.3 is 10.7 Å². The van der Waals surface area contributed by atoms with Crippen LogP contribution in [0, 0.1) is 5.82 Å². The second kappa shape index (κ2) is 3.59. The fourth-order valence-corrected chi connectivity index (χ4v) is 1.31. The first kappa shape index (κ1) is 8.90. The SMILES string of the molecule is NC(c1cccc(F)c1)c1ncc[nH]1. The van der Waals surface area contributed by atoms with Crippen LogP contribution < -0.4 is 5.73 Å². The van der Waals surface area contributed by atoms with Gasteiger partial charge in [0.15, 0.2) is 0 Å². The van der Waals surface area contributed by atoms with Crippen molar-refractivity contribution in [2.45, 2.75) is 6.04 Å². The molecule has 1 unspecified atom stereocenters. The van der Waals surface area contributed by atoms with Crippen molar-refractivity contribution in [2.75, 3.05) is 0 Å². The van der Waals surface area contributed by atoms with Gasteiger partial charge in [-0.3, -0.25) is 0 Å². The predicted octanol–water partition coefficient (Wildman–Crippen LogP) is 1.60. The molecule has 14 heavy (non-hydrogen) atoms. The van der Waals surface area contributed by atoms with Crippen LogP contribution in [0.3, 0.4) is 0 Å². The highest BCUT2D eigenvalue weighted by Gasteiger charge is 2.10. The fraction of sp³-hybridized carbons (Fsp3) is 0.100. The van der Waals surface area contributed by atoms with Gasteiger partial charge in [-0.05, 0) is 17.7 Å². The van der Waals surface area contributed by atoms with Gasteiger partial charge >= 0.3 is 0 Å². The number of halogens is 1. The largest absolute Gasteiger partial charge is 0.347 e. The molecule has 2 aromatic rings. The molecule has 72 valence electrons. The summed E-state index contributed by atoms with van der Waals surface area (Å²) in [6.45, 7) is 0. The lowest BCUT2D eigenvalue weighted by Crippen LogP contribution is -2.13. The third-order valence-corrected chi connectivity index (χ3v) is 2.02. The Balaban J connectivity index is 2.32. The van der Waals surface area contributed by atoms with E-state index in [0.717, 1.165) is 0 Å². The third kappa shape index (κ3) is 1.65. The van der Waals surface area contributed by atoms with E-state index in [-0.39, 0.29) is 5.82 Å². The monoisotopic (exact) mass is 191 g/mol. The molecule has 0 saturated carbocycles. The van der Waals surface area contributed by atoms with Crippen molar-refractivity contribution in [3.8, 4) is 0 Å². The zero-order valence-corrected chi connectivity index (χ0v) is 7.44. The van der Waals surface area contributed by atoms with Crippen LogP contribution in [0.5, 0.6) is 0 Å². The average molecular weight is 191 g/mol. The number of nitrogens with two attached hydrogens (primary N) is 1. The van der Waals surface area contributed by atoms with Gasteiger partial charge in [0.2, 0.25) is 0 Å². The van der Waals surface area contributed by atoms with Crippen molar-refractivity contribution in [3.05, 3.63) is 53.9 Å². The molecule has 0 aliphatic rings. The van der Waals surface area contributed by atoms with Gasteiger partial charge in [-0.1, -0.05) is 12.1 Å². The van der Waals surface area contributed by atoms with Crippen LogP contribution in [0.2, 0.25) is 0 Å². The minimum atomic E-state index is -0.402. The van der Waals surface area contributed by atoms with E-state index >= 15 is 0 Å². The molecule has 1 heterocycles. The maximum Gasteiger partial charge on any atom is 0.127 e. The molecule has 0 spiro atoms. The van der Waals surface area contributed by atoms with E-state index in [1.807, 2.05) is 0 Å². The fourth-order valence-electron chi connectivity index (χ4n) is 1.31. The summed E-state index contributed by atoms with van der Waals surface area (Å²) in [4.78, 5) is 6.92. The highest BCUT2D eigenvalue weighted by molar-refractivity contribution is 5.24. The molecule has 1 atom stereocenters. The lowest BCUT2D eigenvalue weighted by Gasteiger charge is -2.08. The molecule has 0 aliphatic heterocycles. The third-order valence-electron chi connectivity index (χ3n) is 2.02. The van der Waals surface area contributed by atoms with Crippen LogP contribution in [0.4, 0.5) is 4.39 Å². The predicted molar refractivity (Wildman–Crippen MR) is 51.0 cm³/mol. The smallest absolute Gasteiger partial charge is 0.127 e. The van der Waals surface area contributed by atoms with Gasteiger partial charge in [-0.25, -0.2) is 9.37 Å². The quantitative estimate of drug-likeness (QED) is 0.757. The van der Waals surface area contributed by atoms with Gasteiger partial charge in [0.1, 0.15) is 11.6 Å². The van der Waals surface area contributed by atoms with Crippen LogP contribution in [0.1, 0.15) is 17.4 Å². The molecule has 4 heteroatoms. The van der Waals surface area contributed by atoms with Crippen molar-refractivity contribution in [1.82, 2.24) is 9.97 Å². The number of benzene rings is 1. The second-order valence-electron chi connectivity index (χ2n) is 3.01. The Labute approximate surface area is 80.8 Å². The summed E-state index contributed by atoms with van der Waals surface area (Å²) in [7, 11) is 0. The normalized spacial score (nSPS) is 12.7. The maximum atomic E-state index is 12.9. The molecular formula is C10H10FN3. The minimum absolute atomic E-state index is 0.287. The van der Waals surface area contributed by atoms with Gasteiger partial charge in [0.05, 0.1) is 6.04 Å². The first-order valence-electron chi connectivity index (χ1n) is 4.27. The number of hydrogen-bond acceptors (Lipinski definition) is 2. The van der Waals surface area contributed by atoms with E-state index < -0.39 is 6.04 Å². The van der Waals surface area contributed by atoms with E-state index in [4.69, 9.17) is 5.73 Å². The molecular weight excluding hydrogens is 181 g/mol. The Hall–Kier alpha value is -1.68. The Morgan fingerprint density at radius 3 is 2.93 bits per heavy atom. The van der Waals surface area contributed by atoms with Crippen molar-refractivity contribution in [2.24, 2.45) is 5.73 Å².